The second-order valence-electron chi connectivity index (χ2n) is 4.99. The summed E-state index contributed by atoms with van der Waals surface area (Å²) in [5.74, 6) is -1.48. The Balaban J connectivity index is 2.38. The number of halogens is 2. The van der Waals surface area contributed by atoms with Crippen LogP contribution < -0.4 is 0 Å². The lowest BCUT2D eigenvalue weighted by Gasteiger charge is -2.18. The fraction of sp³-hybridized carbons (Fsp3) is 0.400. The standard InChI is InChI=1S/C15H16F2O/c1-9-3-6-11(7-4-9)15(18)13-12(16)8-5-10(2)14(13)17/h5-6,8-9H,3-4,7H2,1-2H3. The van der Waals surface area contributed by atoms with E-state index in [0.29, 0.717) is 23.5 Å². The monoisotopic (exact) mass is 250 g/mol. The smallest absolute Gasteiger partial charge is 0.194 e. The van der Waals surface area contributed by atoms with Crippen molar-refractivity contribution >= 4 is 5.78 Å². The predicted molar refractivity (Wildman–Crippen MR) is 66.5 cm³/mol. The van der Waals surface area contributed by atoms with Gasteiger partial charge in [-0.2, -0.15) is 0 Å². The van der Waals surface area contributed by atoms with Gasteiger partial charge in [-0.1, -0.05) is 19.1 Å². The van der Waals surface area contributed by atoms with Crippen LogP contribution >= 0.6 is 0 Å². The summed E-state index contributed by atoms with van der Waals surface area (Å²) in [5.41, 5.74) is 0.428. The third-order valence-corrected chi connectivity index (χ3v) is 3.48. The van der Waals surface area contributed by atoms with Crippen LogP contribution in [0.5, 0.6) is 0 Å². The van der Waals surface area contributed by atoms with Gasteiger partial charge in [0.05, 0.1) is 5.56 Å². The molecule has 0 bridgehead atoms. The van der Waals surface area contributed by atoms with Crippen molar-refractivity contribution in [2.75, 3.05) is 0 Å². The van der Waals surface area contributed by atoms with Gasteiger partial charge < -0.3 is 0 Å². The highest BCUT2D eigenvalue weighted by Crippen LogP contribution is 2.27. The number of ketones is 1. The van der Waals surface area contributed by atoms with Gasteiger partial charge in [-0.25, -0.2) is 8.78 Å². The van der Waals surface area contributed by atoms with Crippen molar-refractivity contribution in [3.8, 4) is 0 Å². The topological polar surface area (TPSA) is 17.1 Å². The van der Waals surface area contributed by atoms with E-state index in [1.54, 1.807) is 0 Å². The maximum absolute atomic E-state index is 13.9. The van der Waals surface area contributed by atoms with Gasteiger partial charge in [-0.05, 0) is 49.3 Å². The van der Waals surface area contributed by atoms with Crippen molar-refractivity contribution in [1.29, 1.82) is 0 Å². The molecule has 0 spiro atoms. The molecule has 0 aliphatic heterocycles. The number of benzene rings is 1. The lowest BCUT2D eigenvalue weighted by molar-refractivity contribution is 0.101. The number of hydrogen-bond donors (Lipinski definition) is 0. The van der Waals surface area contributed by atoms with E-state index in [1.165, 1.54) is 13.0 Å². The Morgan fingerprint density at radius 3 is 2.67 bits per heavy atom. The number of aryl methyl sites for hydroxylation is 1. The number of allylic oxidation sites excluding steroid dienone is 2. The van der Waals surface area contributed by atoms with Crippen LogP contribution in [0.15, 0.2) is 23.8 Å². The summed E-state index contributed by atoms with van der Waals surface area (Å²) >= 11 is 0. The number of rotatable bonds is 2. The third kappa shape index (κ3) is 2.35. The minimum atomic E-state index is -0.775. The highest BCUT2D eigenvalue weighted by atomic mass is 19.1. The Bertz CT molecular complexity index is 517. The van der Waals surface area contributed by atoms with E-state index in [4.69, 9.17) is 0 Å². The predicted octanol–water partition coefficient (Wildman–Crippen LogP) is 4.20. The van der Waals surface area contributed by atoms with Gasteiger partial charge in [0.2, 0.25) is 0 Å². The summed E-state index contributed by atoms with van der Waals surface area (Å²) in [7, 11) is 0. The van der Waals surface area contributed by atoms with Gasteiger partial charge in [-0.3, -0.25) is 4.79 Å². The lowest BCUT2D eigenvalue weighted by Crippen LogP contribution is -2.14. The van der Waals surface area contributed by atoms with Crippen LogP contribution in [-0.4, -0.2) is 5.78 Å². The zero-order chi connectivity index (χ0) is 13.3. The number of hydrogen-bond acceptors (Lipinski definition) is 1. The molecule has 1 aliphatic carbocycles. The van der Waals surface area contributed by atoms with Crippen LogP contribution in [0, 0.1) is 24.5 Å². The minimum Gasteiger partial charge on any atom is -0.289 e. The first-order valence-electron chi connectivity index (χ1n) is 6.19. The quantitative estimate of drug-likeness (QED) is 0.719. The summed E-state index contributed by atoms with van der Waals surface area (Å²) < 4.78 is 27.5. The number of Topliss-reactive ketones (excluding diaryl/α,β-unsaturated/α-hetero) is 1. The average Bonchev–Trinajstić information content (AvgIpc) is 2.35. The minimum absolute atomic E-state index is 0.296. The Morgan fingerprint density at radius 1 is 1.33 bits per heavy atom. The van der Waals surface area contributed by atoms with Gasteiger partial charge in [0.25, 0.3) is 0 Å². The van der Waals surface area contributed by atoms with Crippen LogP contribution in [0.1, 0.15) is 42.1 Å². The van der Waals surface area contributed by atoms with Crippen molar-refractivity contribution < 1.29 is 13.6 Å². The second-order valence-corrected chi connectivity index (χ2v) is 4.99. The highest BCUT2D eigenvalue weighted by Gasteiger charge is 2.24. The van der Waals surface area contributed by atoms with Gasteiger partial charge in [0.15, 0.2) is 5.78 Å². The van der Waals surface area contributed by atoms with E-state index in [-0.39, 0.29) is 0 Å². The van der Waals surface area contributed by atoms with Crippen molar-refractivity contribution in [3.05, 3.63) is 46.5 Å². The molecule has 0 radical (unpaired) electrons. The average molecular weight is 250 g/mol. The summed E-state index contributed by atoms with van der Waals surface area (Å²) in [6.07, 6.45) is 4.12. The Morgan fingerprint density at radius 2 is 2.06 bits per heavy atom. The molecule has 0 saturated heterocycles. The molecule has 0 aromatic heterocycles. The third-order valence-electron chi connectivity index (χ3n) is 3.48. The van der Waals surface area contributed by atoms with Crippen molar-refractivity contribution in [2.24, 2.45) is 5.92 Å². The van der Waals surface area contributed by atoms with E-state index in [2.05, 4.69) is 6.92 Å². The number of carbonyl (C=O) groups is 1. The van der Waals surface area contributed by atoms with Gasteiger partial charge in [0, 0.05) is 0 Å². The molecule has 1 nitrogen and oxygen atoms in total. The molecule has 3 heteroatoms. The van der Waals surface area contributed by atoms with Crippen molar-refractivity contribution in [2.45, 2.75) is 33.1 Å². The molecule has 18 heavy (non-hydrogen) atoms. The first-order chi connectivity index (χ1) is 8.50. The Hall–Kier alpha value is -1.51. The zero-order valence-electron chi connectivity index (χ0n) is 10.6. The molecule has 96 valence electrons. The molecule has 1 atom stereocenters. The second kappa shape index (κ2) is 5.01. The molecule has 0 fully saturated rings. The maximum atomic E-state index is 13.9. The van der Waals surface area contributed by atoms with E-state index in [9.17, 15) is 13.6 Å². The van der Waals surface area contributed by atoms with E-state index in [1.807, 2.05) is 6.08 Å². The van der Waals surface area contributed by atoms with Crippen LogP contribution in [0.25, 0.3) is 0 Å². The molecule has 0 saturated carbocycles. The molecule has 0 amide bonds. The van der Waals surface area contributed by atoms with Crippen LogP contribution in [0.2, 0.25) is 0 Å². The molecule has 0 heterocycles. The molecule has 1 aromatic rings. The van der Waals surface area contributed by atoms with Gasteiger partial charge in [0.1, 0.15) is 11.6 Å². The first-order valence-corrected chi connectivity index (χ1v) is 6.19. The summed E-state index contributed by atoms with van der Waals surface area (Å²) in [4.78, 5) is 12.2. The molecule has 0 N–H and O–H groups in total. The summed E-state index contributed by atoms with van der Waals surface area (Å²) in [5, 5.41) is 0. The normalized spacial score (nSPS) is 19.6. The Labute approximate surface area is 106 Å². The van der Waals surface area contributed by atoms with Crippen LogP contribution in [0.3, 0.4) is 0 Å². The van der Waals surface area contributed by atoms with Gasteiger partial charge >= 0.3 is 0 Å². The highest BCUT2D eigenvalue weighted by molar-refractivity contribution is 6.09. The van der Waals surface area contributed by atoms with E-state index >= 15 is 0 Å². The van der Waals surface area contributed by atoms with Crippen LogP contribution in [-0.2, 0) is 0 Å². The Kier molecular flexibility index (Phi) is 3.60. The molecule has 1 aromatic carbocycles. The van der Waals surface area contributed by atoms with Crippen molar-refractivity contribution in [1.82, 2.24) is 0 Å². The SMILES string of the molecule is Cc1ccc(F)c(C(=O)C2=CCC(C)CC2)c1F. The van der Waals surface area contributed by atoms with Crippen molar-refractivity contribution in [3.63, 3.8) is 0 Å². The van der Waals surface area contributed by atoms with E-state index < -0.39 is 23.0 Å². The van der Waals surface area contributed by atoms with Gasteiger partial charge in [-0.15, -0.1) is 0 Å². The molecular weight excluding hydrogens is 234 g/mol. The first kappa shape index (κ1) is 12.9. The summed E-state index contributed by atoms with van der Waals surface area (Å²) in [6.45, 7) is 3.63. The fourth-order valence-electron chi connectivity index (χ4n) is 2.20. The molecule has 2 rings (SSSR count). The molecular formula is C15H16F2O. The fourth-order valence-corrected chi connectivity index (χ4v) is 2.20. The largest absolute Gasteiger partial charge is 0.289 e. The maximum Gasteiger partial charge on any atom is 0.194 e. The lowest BCUT2D eigenvalue weighted by atomic mass is 9.87. The summed E-state index contributed by atoms with van der Waals surface area (Å²) in [6, 6.07) is 2.50. The molecule has 1 unspecified atom stereocenters. The zero-order valence-corrected chi connectivity index (χ0v) is 10.6. The van der Waals surface area contributed by atoms with E-state index in [0.717, 1.165) is 18.9 Å². The molecule has 1 aliphatic rings. The number of carbonyl (C=O) groups excluding carboxylic acids is 1. The van der Waals surface area contributed by atoms with Crippen LogP contribution in [0.4, 0.5) is 8.78 Å².